The second-order valence-corrected chi connectivity index (χ2v) is 5.84. The fraction of sp³-hybridized carbons (Fsp3) is 0.294. The van der Waals surface area contributed by atoms with E-state index < -0.39 is 0 Å². The fourth-order valence-corrected chi connectivity index (χ4v) is 2.63. The van der Waals surface area contributed by atoms with Crippen molar-refractivity contribution < 1.29 is 9.53 Å². The minimum atomic E-state index is -0.380. The zero-order chi connectivity index (χ0) is 16.7. The van der Waals surface area contributed by atoms with Crippen LogP contribution in [0, 0.1) is 11.3 Å². The number of amides is 1. The van der Waals surface area contributed by atoms with Gasteiger partial charge >= 0.3 is 0 Å². The van der Waals surface area contributed by atoms with Gasteiger partial charge in [-0.25, -0.2) is 0 Å². The van der Waals surface area contributed by atoms with Gasteiger partial charge < -0.3 is 10.1 Å². The SMILES string of the molecule is C=CCc1cc(/C=C(/C#N)C(=O)NC(C)C)cc(Br)c1OC. The van der Waals surface area contributed by atoms with Crippen LogP contribution in [-0.4, -0.2) is 19.1 Å². The molecular formula is C17H19BrN2O2. The van der Waals surface area contributed by atoms with Gasteiger partial charge in [-0.2, -0.15) is 5.26 Å². The molecule has 116 valence electrons. The number of ether oxygens (including phenoxy) is 1. The van der Waals surface area contributed by atoms with Gasteiger partial charge in [0.1, 0.15) is 17.4 Å². The minimum Gasteiger partial charge on any atom is -0.495 e. The number of methoxy groups -OCH3 is 1. The van der Waals surface area contributed by atoms with Crippen molar-refractivity contribution in [1.82, 2.24) is 5.32 Å². The Bertz CT molecular complexity index is 643. The normalized spacial score (nSPS) is 11.0. The van der Waals surface area contributed by atoms with Crippen molar-refractivity contribution >= 4 is 27.9 Å². The third-order valence-corrected chi connectivity index (χ3v) is 3.40. The fourth-order valence-electron chi connectivity index (χ4n) is 1.95. The van der Waals surface area contributed by atoms with Crippen LogP contribution in [0.4, 0.5) is 0 Å². The average molecular weight is 363 g/mol. The molecule has 1 aromatic carbocycles. The molecule has 0 saturated heterocycles. The molecule has 0 heterocycles. The maximum absolute atomic E-state index is 12.0. The standard InChI is InChI=1S/C17H19BrN2O2/c1-5-6-13-7-12(9-15(18)16(13)22-4)8-14(10-19)17(21)20-11(2)3/h5,7-9,11H,1,6H2,2-4H3,(H,20,21)/b14-8-. The van der Waals surface area contributed by atoms with Crippen molar-refractivity contribution in [3.8, 4) is 11.8 Å². The summed E-state index contributed by atoms with van der Waals surface area (Å²) >= 11 is 3.45. The third-order valence-electron chi connectivity index (χ3n) is 2.81. The molecule has 0 aliphatic carbocycles. The van der Waals surface area contributed by atoms with Gasteiger partial charge in [0, 0.05) is 6.04 Å². The van der Waals surface area contributed by atoms with E-state index in [1.54, 1.807) is 19.3 Å². The summed E-state index contributed by atoms with van der Waals surface area (Å²) in [5.41, 5.74) is 1.75. The Balaban J connectivity index is 3.25. The average Bonchev–Trinajstić information content (AvgIpc) is 2.44. The maximum Gasteiger partial charge on any atom is 0.262 e. The van der Waals surface area contributed by atoms with Crippen LogP contribution < -0.4 is 10.1 Å². The minimum absolute atomic E-state index is 0.0248. The van der Waals surface area contributed by atoms with Crippen molar-refractivity contribution in [2.24, 2.45) is 0 Å². The highest BCUT2D eigenvalue weighted by Gasteiger charge is 2.12. The van der Waals surface area contributed by atoms with E-state index in [0.717, 1.165) is 21.3 Å². The molecule has 4 nitrogen and oxygen atoms in total. The quantitative estimate of drug-likeness (QED) is 0.477. The Labute approximate surface area is 139 Å². The van der Waals surface area contributed by atoms with Gasteiger partial charge in [0.15, 0.2) is 0 Å². The van der Waals surface area contributed by atoms with Gasteiger partial charge in [-0.05, 0) is 65.5 Å². The van der Waals surface area contributed by atoms with E-state index in [1.807, 2.05) is 32.0 Å². The number of nitrogens with one attached hydrogen (secondary N) is 1. The molecule has 5 heteroatoms. The first kappa shape index (κ1) is 18.0. The highest BCUT2D eigenvalue weighted by Crippen LogP contribution is 2.32. The monoisotopic (exact) mass is 362 g/mol. The Morgan fingerprint density at radius 3 is 2.73 bits per heavy atom. The predicted octanol–water partition coefficient (Wildman–Crippen LogP) is 3.62. The van der Waals surface area contributed by atoms with E-state index >= 15 is 0 Å². The summed E-state index contributed by atoms with van der Waals surface area (Å²) in [5.74, 6) is 0.344. The molecule has 0 bridgehead atoms. The summed E-state index contributed by atoms with van der Waals surface area (Å²) in [6.07, 6.45) is 3.96. The number of carbonyl (C=O) groups is 1. The van der Waals surface area contributed by atoms with E-state index in [4.69, 9.17) is 4.74 Å². The third kappa shape index (κ3) is 4.74. The molecule has 1 amide bonds. The van der Waals surface area contributed by atoms with E-state index in [1.165, 1.54) is 0 Å². The van der Waals surface area contributed by atoms with Crippen LogP contribution in [0.2, 0.25) is 0 Å². The summed E-state index contributed by atoms with van der Waals surface area (Å²) in [6.45, 7) is 7.42. The summed E-state index contributed by atoms with van der Waals surface area (Å²) in [4.78, 5) is 12.0. The van der Waals surface area contributed by atoms with Crippen LogP contribution in [0.5, 0.6) is 5.75 Å². The molecular weight excluding hydrogens is 344 g/mol. The number of hydrogen-bond donors (Lipinski definition) is 1. The van der Waals surface area contributed by atoms with Crippen molar-refractivity contribution in [1.29, 1.82) is 5.26 Å². The number of nitriles is 1. The number of halogens is 1. The Hall–Kier alpha value is -2.06. The van der Waals surface area contributed by atoms with Crippen LogP contribution in [0.3, 0.4) is 0 Å². The first-order valence-corrected chi connectivity index (χ1v) is 7.62. The van der Waals surface area contributed by atoms with Gasteiger partial charge in [0.05, 0.1) is 11.6 Å². The second-order valence-electron chi connectivity index (χ2n) is 4.99. The summed E-state index contributed by atoms with van der Waals surface area (Å²) < 4.78 is 6.12. The second kappa shape index (κ2) is 8.40. The van der Waals surface area contributed by atoms with Crippen LogP contribution in [0.15, 0.2) is 34.8 Å². The molecule has 0 aliphatic heterocycles. The summed E-state index contributed by atoms with van der Waals surface area (Å²) in [5, 5.41) is 11.9. The Kier molecular flexibility index (Phi) is 6.87. The molecule has 0 saturated carbocycles. The highest BCUT2D eigenvalue weighted by molar-refractivity contribution is 9.10. The number of allylic oxidation sites excluding steroid dienone is 1. The zero-order valence-electron chi connectivity index (χ0n) is 12.9. The number of rotatable bonds is 6. The van der Waals surface area contributed by atoms with Crippen LogP contribution in [0.25, 0.3) is 6.08 Å². The predicted molar refractivity (Wildman–Crippen MR) is 91.5 cm³/mol. The molecule has 1 N–H and O–H groups in total. The van der Waals surface area contributed by atoms with E-state index in [-0.39, 0.29) is 17.5 Å². The smallest absolute Gasteiger partial charge is 0.262 e. The molecule has 0 aliphatic rings. The van der Waals surface area contributed by atoms with Gasteiger partial charge in [-0.15, -0.1) is 6.58 Å². The molecule has 22 heavy (non-hydrogen) atoms. The Morgan fingerprint density at radius 1 is 1.55 bits per heavy atom. The van der Waals surface area contributed by atoms with Crippen molar-refractivity contribution in [2.45, 2.75) is 26.3 Å². The van der Waals surface area contributed by atoms with E-state index in [2.05, 4.69) is 27.8 Å². The van der Waals surface area contributed by atoms with Crippen molar-refractivity contribution in [2.75, 3.05) is 7.11 Å². The van der Waals surface area contributed by atoms with Crippen molar-refractivity contribution in [3.05, 3.63) is 46.0 Å². The first-order valence-electron chi connectivity index (χ1n) is 6.82. The lowest BCUT2D eigenvalue weighted by atomic mass is 10.0. The number of benzene rings is 1. The molecule has 0 fully saturated rings. The van der Waals surface area contributed by atoms with Gasteiger partial charge in [-0.1, -0.05) is 6.08 Å². The maximum atomic E-state index is 12.0. The zero-order valence-corrected chi connectivity index (χ0v) is 14.5. The van der Waals surface area contributed by atoms with Gasteiger partial charge in [0.25, 0.3) is 5.91 Å². The topological polar surface area (TPSA) is 62.1 Å². The van der Waals surface area contributed by atoms with Gasteiger partial charge in [0.2, 0.25) is 0 Å². The molecule has 0 aromatic heterocycles. The Morgan fingerprint density at radius 2 is 2.23 bits per heavy atom. The highest BCUT2D eigenvalue weighted by atomic mass is 79.9. The number of carbonyl (C=O) groups excluding carboxylic acids is 1. The molecule has 0 unspecified atom stereocenters. The van der Waals surface area contributed by atoms with Crippen molar-refractivity contribution in [3.63, 3.8) is 0 Å². The summed E-state index contributed by atoms with van der Waals surface area (Å²) in [6, 6.07) is 5.60. The van der Waals surface area contributed by atoms with E-state index in [0.29, 0.717) is 6.42 Å². The largest absolute Gasteiger partial charge is 0.495 e. The lowest BCUT2D eigenvalue weighted by Gasteiger charge is -2.11. The molecule has 1 aromatic rings. The molecule has 0 radical (unpaired) electrons. The lowest BCUT2D eigenvalue weighted by molar-refractivity contribution is -0.117. The number of hydrogen-bond acceptors (Lipinski definition) is 3. The molecule has 0 atom stereocenters. The van der Waals surface area contributed by atoms with Gasteiger partial charge in [-0.3, -0.25) is 4.79 Å². The molecule has 0 spiro atoms. The van der Waals surface area contributed by atoms with Crippen LogP contribution >= 0.6 is 15.9 Å². The molecule has 1 rings (SSSR count). The van der Waals surface area contributed by atoms with Crippen LogP contribution in [-0.2, 0) is 11.2 Å². The van der Waals surface area contributed by atoms with Crippen LogP contribution in [0.1, 0.15) is 25.0 Å². The summed E-state index contributed by atoms with van der Waals surface area (Å²) in [7, 11) is 1.60. The lowest BCUT2D eigenvalue weighted by Crippen LogP contribution is -2.30. The first-order chi connectivity index (χ1) is 10.4. The number of nitrogens with zero attached hydrogens (tertiary/aromatic N) is 1. The van der Waals surface area contributed by atoms with E-state index in [9.17, 15) is 10.1 Å².